The van der Waals surface area contributed by atoms with Gasteiger partial charge in [-0.2, -0.15) is 0 Å². The number of nitrogens with one attached hydrogen (secondary N) is 2. The molecule has 148 valence electrons. The number of benzene rings is 2. The number of nitrogens with zero attached hydrogens (tertiary/aromatic N) is 2. The van der Waals surface area contributed by atoms with Crippen molar-refractivity contribution < 1.29 is 14.4 Å². The van der Waals surface area contributed by atoms with Gasteiger partial charge in [-0.25, -0.2) is 4.98 Å². The largest absolute Gasteiger partial charge is 0.364 e. The zero-order valence-electron chi connectivity index (χ0n) is 15.1. The smallest absolute Gasteiger partial charge is 0.272 e. The van der Waals surface area contributed by atoms with Crippen molar-refractivity contribution in [3.05, 3.63) is 75.8 Å². The summed E-state index contributed by atoms with van der Waals surface area (Å²) in [6.07, 6.45) is 1.33. The molecule has 0 bridgehead atoms. The molecule has 0 aliphatic heterocycles. The fourth-order valence-corrected chi connectivity index (χ4v) is 2.91. The molecule has 1 aromatic heterocycles. The first-order valence-electron chi connectivity index (χ1n) is 8.28. The maximum absolute atomic E-state index is 12.4. The van der Waals surface area contributed by atoms with Gasteiger partial charge < -0.3 is 16.4 Å². The second kappa shape index (κ2) is 8.34. The Bertz CT molecular complexity index is 1110. The van der Waals surface area contributed by atoms with E-state index in [1.807, 2.05) is 0 Å². The highest BCUT2D eigenvalue weighted by atomic mass is 35.5. The number of anilines is 1. The first kappa shape index (κ1) is 20.4. The van der Waals surface area contributed by atoms with Crippen LogP contribution in [0.1, 0.15) is 31.3 Å². The number of primary amides is 1. The van der Waals surface area contributed by atoms with E-state index < -0.39 is 11.8 Å². The maximum Gasteiger partial charge on any atom is 0.272 e. The molecule has 0 spiro atoms. The van der Waals surface area contributed by atoms with E-state index in [0.717, 1.165) is 0 Å². The summed E-state index contributed by atoms with van der Waals surface area (Å²) in [6, 6.07) is 11.1. The molecule has 0 aliphatic carbocycles. The van der Waals surface area contributed by atoms with Crippen LogP contribution in [0.2, 0.25) is 10.0 Å². The summed E-state index contributed by atoms with van der Waals surface area (Å²) in [5.41, 5.74) is 6.70. The number of aromatic nitrogens is 2. The molecule has 0 fully saturated rings. The van der Waals surface area contributed by atoms with Gasteiger partial charge in [-0.15, -0.1) is 0 Å². The van der Waals surface area contributed by atoms with E-state index in [4.69, 9.17) is 28.9 Å². The number of rotatable bonds is 5. The molecular weight excluding hydrogens is 417 g/mol. The quantitative estimate of drug-likeness (QED) is 0.574. The Morgan fingerprint density at radius 2 is 1.69 bits per heavy atom. The highest BCUT2D eigenvalue weighted by molar-refractivity contribution is 6.42. The molecule has 3 rings (SSSR count). The number of nitrogens with two attached hydrogens (primary N) is 1. The summed E-state index contributed by atoms with van der Waals surface area (Å²) in [5, 5.41) is 5.77. The standard InChI is InChI=1S/C19H15Cl2N5O3/c1-23-19(29)15-16(17(22)27)26(9-24-15)12-5-3-11(4-6-12)25-18(28)10-2-7-13(20)14(21)8-10/h2-9H,1H3,(H2,22,27)(H,23,29)(H,25,28). The Morgan fingerprint density at radius 3 is 2.28 bits per heavy atom. The van der Waals surface area contributed by atoms with Crippen molar-refractivity contribution in [3.8, 4) is 5.69 Å². The molecule has 0 saturated carbocycles. The van der Waals surface area contributed by atoms with Crippen LogP contribution in [0.25, 0.3) is 5.69 Å². The van der Waals surface area contributed by atoms with Gasteiger partial charge in [0.15, 0.2) is 5.69 Å². The highest BCUT2D eigenvalue weighted by Crippen LogP contribution is 2.23. The van der Waals surface area contributed by atoms with Crippen molar-refractivity contribution in [1.82, 2.24) is 14.9 Å². The van der Waals surface area contributed by atoms with Gasteiger partial charge in [-0.05, 0) is 42.5 Å². The number of hydrogen-bond acceptors (Lipinski definition) is 4. The number of amides is 3. The first-order valence-corrected chi connectivity index (χ1v) is 9.03. The SMILES string of the molecule is CNC(=O)c1ncn(-c2ccc(NC(=O)c3ccc(Cl)c(Cl)c3)cc2)c1C(N)=O. The molecule has 2 aromatic carbocycles. The van der Waals surface area contributed by atoms with E-state index in [0.29, 0.717) is 22.0 Å². The van der Waals surface area contributed by atoms with Crippen molar-refractivity contribution >= 4 is 46.6 Å². The normalized spacial score (nSPS) is 10.4. The van der Waals surface area contributed by atoms with Gasteiger partial charge in [0.2, 0.25) is 0 Å². The Kier molecular flexibility index (Phi) is 5.86. The van der Waals surface area contributed by atoms with Crippen molar-refractivity contribution in [3.63, 3.8) is 0 Å². The Hall–Kier alpha value is -3.36. The fraction of sp³-hybridized carbons (Fsp3) is 0.0526. The summed E-state index contributed by atoms with van der Waals surface area (Å²) >= 11 is 11.8. The molecule has 3 aromatic rings. The third-order valence-corrected chi connectivity index (χ3v) is 4.77. The lowest BCUT2D eigenvalue weighted by molar-refractivity contribution is 0.0937. The van der Waals surface area contributed by atoms with Crippen molar-refractivity contribution in [2.45, 2.75) is 0 Å². The summed E-state index contributed by atoms with van der Waals surface area (Å²) in [6.45, 7) is 0. The van der Waals surface area contributed by atoms with Gasteiger partial charge in [0.25, 0.3) is 17.7 Å². The minimum atomic E-state index is -0.793. The molecule has 10 heteroatoms. The average molecular weight is 432 g/mol. The Labute approximate surface area is 175 Å². The minimum Gasteiger partial charge on any atom is -0.364 e. The van der Waals surface area contributed by atoms with Crippen LogP contribution < -0.4 is 16.4 Å². The second-order valence-corrected chi connectivity index (χ2v) is 6.70. The van der Waals surface area contributed by atoms with Crippen LogP contribution in [0.3, 0.4) is 0 Å². The van der Waals surface area contributed by atoms with E-state index in [9.17, 15) is 14.4 Å². The van der Waals surface area contributed by atoms with E-state index in [1.165, 1.54) is 30.1 Å². The lowest BCUT2D eigenvalue weighted by Crippen LogP contribution is -2.25. The van der Waals surface area contributed by atoms with Gasteiger partial charge in [0, 0.05) is 24.0 Å². The molecule has 0 atom stereocenters. The first-order chi connectivity index (χ1) is 13.8. The summed E-state index contributed by atoms with van der Waals surface area (Å²) in [5.74, 6) is -1.68. The number of halogens is 2. The molecule has 1 heterocycles. The summed E-state index contributed by atoms with van der Waals surface area (Å²) in [7, 11) is 1.43. The summed E-state index contributed by atoms with van der Waals surface area (Å²) in [4.78, 5) is 40.0. The monoisotopic (exact) mass is 431 g/mol. The Balaban J connectivity index is 1.84. The van der Waals surface area contributed by atoms with Crippen LogP contribution in [0, 0.1) is 0 Å². The topological polar surface area (TPSA) is 119 Å². The third-order valence-electron chi connectivity index (χ3n) is 4.03. The zero-order chi connectivity index (χ0) is 21.1. The number of carbonyl (C=O) groups excluding carboxylic acids is 3. The highest BCUT2D eigenvalue weighted by Gasteiger charge is 2.22. The molecule has 29 heavy (non-hydrogen) atoms. The van der Waals surface area contributed by atoms with Gasteiger partial charge in [-0.1, -0.05) is 23.2 Å². The fourth-order valence-electron chi connectivity index (χ4n) is 2.61. The number of carbonyl (C=O) groups is 3. The molecule has 0 aliphatic rings. The minimum absolute atomic E-state index is 0.0445. The summed E-state index contributed by atoms with van der Waals surface area (Å²) < 4.78 is 1.40. The molecule has 0 saturated heterocycles. The van der Waals surface area contributed by atoms with Crippen LogP contribution >= 0.6 is 23.2 Å². The predicted octanol–water partition coefficient (Wildman–Crippen LogP) is 2.89. The molecule has 0 radical (unpaired) electrons. The predicted molar refractivity (Wildman–Crippen MR) is 110 cm³/mol. The van der Waals surface area contributed by atoms with Crippen molar-refractivity contribution in [2.75, 3.05) is 12.4 Å². The van der Waals surface area contributed by atoms with Crippen LogP contribution in [0.5, 0.6) is 0 Å². The molecular formula is C19H15Cl2N5O3. The molecule has 4 N–H and O–H groups in total. The zero-order valence-corrected chi connectivity index (χ0v) is 16.6. The van der Waals surface area contributed by atoms with Crippen LogP contribution in [-0.2, 0) is 0 Å². The average Bonchev–Trinajstić information content (AvgIpc) is 3.15. The third kappa shape index (κ3) is 4.23. The van der Waals surface area contributed by atoms with Crippen LogP contribution in [0.15, 0.2) is 48.8 Å². The maximum atomic E-state index is 12.4. The lowest BCUT2D eigenvalue weighted by Gasteiger charge is -2.09. The Morgan fingerprint density at radius 1 is 1.00 bits per heavy atom. The van der Waals surface area contributed by atoms with Gasteiger partial charge in [0.05, 0.1) is 10.0 Å². The van der Waals surface area contributed by atoms with Gasteiger partial charge in [0.1, 0.15) is 12.0 Å². The van der Waals surface area contributed by atoms with E-state index >= 15 is 0 Å². The lowest BCUT2D eigenvalue weighted by atomic mass is 10.2. The number of hydrogen-bond donors (Lipinski definition) is 3. The van der Waals surface area contributed by atoms with Gasteiger partial charge in [-0.3, -0.25) is 19.0 Å². The molecule has 8 nitrogen and oxygen atoms in total. The molecule has 3 amide bonds. The van der Waals surface area contributed by atoms with Crippen LogP contribution in [0.4, 0.5) is 5.69 Å². The van der Waals surface area contributed by atoms with E-state index in [-0.39, 0.29) is 22.3 Å². The van der Waals surface area contributed by atoms with Crippen molar-refractivity contribution in [2.24, 2.45) is 5.73 Å². The van der Waals surface area contributed by atoms with Crippen molar-refractivity contribution in [1.29, 1.82) is 0 Å². The van der Waals surface area contributed by atoms with Gasteiger partial charge >= 0.3 is 0 Å². The van der Waals surface area contributed by atoms with E-state index in [2.05, 4.69) is 15.6 Å². The second-order valence-electron chi connectivity index (χ2n) is 5.89. The number of imidazole rings is 1. The van der Waals surface area contributed by atoms with Crippen LogP contribution in [-0.4, -0.2) is 34.3 Å². The molecule has 0 unspecified atom stereocenters. The van der Waals surface area contributed by atoms with E-state index in [1.54, 1.807) is 30.3 Å².